The third-order valence-electron chi connectivity index (χ3n) is 5.18. The quantitative estimate of drug-likeness (QED) is 0.685. The third-order valence-corrected chi connectivity index (χ3v) is 5.18. The second kappa shape index (κ2) is 8.26. The first-order chi connectivity index (χ1) is 14.1. The minimum Gasteiger partial charge on any atom is -0.353 e. The van der Waals surface area contributed by atoms with E-state index in [1.165, 1.54) is 11.8 Å². The summed E-state index contributed by atoms with van der Waals surface area (Å²) in [5.41, 5.74) is 1.38. The lowest BCUT2D eigenvalue weighted by atomic mass is 10.1. The number of para-hydroxylation sites is 1. The number of carbonyl (C=O) groups is 2. The minimum atomic E-state index is -0.177. The van der Waals surface area contributed by atoms with Crippen molar-refractivity contribution < 1.29 is 9.59 Å². The van der Waals surface area contributed by atoms with Gasteiger partial charge in [0.1, 0.15) is 12.4 Å². The molecule has 0 unspecified atom stereocenters. The first-order valence-corrected chi connectivity index (χ1v) is 9.69. The molecule has 0 atom stereocenters. The highest BCUT2D eigenvalue weighted by Gasteiger charge is 2.25. The topological polar surface area (TPSA) is 69.6 Å². The molecular formula is C22H23N5O2. The number of nitrogens with zero attached hydrogens (tertiary/aromatic N) is 5. The number of hydrogen-bond donors (Lipinski definition) is 0. The summed E-state index contributed by atoms with van der Waals surface area (Å²) in [6, 6.07) is 15.3. The summed E-state index contributed by atoms with van der Waals surface area (Å²) in [6.07, 6.45) is 3.47. The van der Waals surface area contributed by atoms with Crippen LogP contribution in [0.1, 0.15) is 6.92 Å². The zero-order chi connectivity index (χ0) is 20.2. The Morgan fingerprint density at radius 1 is 0.931 bits per heavy atom. The lowest BCUT2D eigenvalue weighted by Crippen LogP contribution is -2.52. The predicted octanol–water partition coefficient (Wildman–Crippen LogP) is 2.33. The summed E-state index contributed by atoms with van der Waals surface area (Å²) >= 11 is 0. The van der Waals surface area contributed by atoms with Crippen molar-refractivity contribution >= 4 is 34.2 Å². The molecule has 148 valence electrons. The first kappa shape index (κ1) is 18.9. The van der Waals surface area contributed by atoms with E-state index in [9.17, 15) is 9.59 Å². The summed E-state index contributed by atoms with van der Waals surface area (Å²) in [5.74, 6) is 0.684. The van der Waals surface area contributed by atoms with E-state index in [4.69, 9.17) is 0 Å². The molecule has 0 spiro atoms. The maximum absolute atomic E-state index is 12.9. The van der Waals surface area contributed by atoms with Gasteiger partial charge in [0, 0.05) is 50.9 Å². The van der Waals surface area contributed by atoms with Crippen molar-refractivity contribution in [2.45, 2.75) is 6.92 Å². The van der Waals surface area contributed by atoms with E-state index in [1.807, 2.05) is 53.4 Å². The van der Waals surface area contributed by atoms with Crippen molar-refractivity contribution in [3.05, 3.63) is 60.9 Å². The molecule has 7 nitrogen and oxygen atoms in total. The molecule has 1 saturated heterocycles. The van der Waals surface area contributed by atoms with Gasteiger partial charge >= 0.3 is 0 Å². The number of pyridine rings is 2. The molecule has 0 saturated carbocycles. The van der Waals surface area contributed by atoms with E-state index < -0.39 is 0 Å². The maximum Gasteiger partial charge on any atom is 0.242 e. The van der Waals surface area contributed by atoms with Crippen LogP contribution in [0.25, 0.3) is 10.9 Å². The zero-order valence-electron chi connectivity index (χ0n) is 16.4. The number of benzene rings is 1. The Kier molecular flexibility index (Phi) is 5.37. The normalized spacial score (nSPS) is 14.1. The van der Waals surface area contributed by atoms with Crippen LogP contribution in [0.15, 0.2) is 60.9 Å². The molecule has 3 heterocycles. The average molecular weight is 389 g/mol. The molecule has 1 fully saturated rings. The van der Waals surface area contributed by atoms with Gasteiger partial charge in [-0.25, -0.2) is 4.98 Å². The van der Waals surface area contributed by atoms with Crippen molar-refractivity contribution in [3.8, 4) is 0 Å². The number of aromatic nitrogens is 2. The van der Waals surface area contributed by atoms with E-state index in [1.54, 1.807) is 12.4 Å². The molecule has 29 heavy (non-hydrogen) atoms. The standard InChI is InChI=1S/C22H23N5O2/c1-17(28)27(19-8-4-6-18-7-5-11-24-22(18)19)16-21(29)26-14-12-25(13-15-26)20-9-2-3-10-23-20/h2-11H,12-16H2,1H3. The Morgan fingerprint density at radius 2 is 1.69 bits per heavy atom. The van der Waals surface area contributed by atoms with Crippen LogP contribution in [-0.2, 0) is 9.59 Å². The Bertz CT molecular complexity index is 1010. The summed E-state index contributed by atoms with van der Waals surface area (Å²) in [7, 11) is 0. The zero-order valence-corrected chi connectivity index (χ0v) is 16.4. The van der Waals surface area contributed by atoms with Crippen LogP contribution in [0.5, 0.6) is 0 Å². The second-order valence-corrected chi connectivity index (χ2v) is 7.01. The summed E-state index contributed by atoms with van der Waals surface area (Å²) < 4.78 is 0. The third kappa shape index (κ3) is 4.03. The van der Waals surface area contributed by atoms with Crippen LogP contribution in [-0.4, -0.2) is 59.4 Å². The fourth-order valence-electron chi connectivity index (χ4n) is 3.63. The number of piperazine rings is 1. The number of carbonyl (C=O) groups excluding carboxylic acids is 2. The van der Waals surface area contributed by atoms with Gasteiger partial charge in [0.2, 0.25) is 11.8 Å². The highest BCUT2D eigenvalue weighted by molar-refractivity contribution is 6.04. The van der Waals surface area contributed by atoms with Gasteiger partial charge in [-0.3, -0.25) is 14.6 Å². The molecule has 1 aliphatic rings. The monoisotopic (exact) mass is 389 g/mol. The van der Waals surface area contributed by atoms with Gasteiger partial charge in [-0.2, -0.15) is 0 Å². The smallest absolute Gasteiger partial charge is 0.242 e. The summed E-state index contributed by atoms with van der Waals surface area (Å²) in [6.45, 7) is 4.14. The molecule has 1 aromatic carbocycles. The number of fused-ring (bicyclic) bond motifs is 1. The molecule has 2 amide bonds. The molecule has 7 heteroatoms. The fourth-order valence-corrected chi connectivity index (χ4v) is 3.63. The SMILES string of the molecule is CC(=O)N(CC(=O)N1CCN(c2ccccn2)CC1)c1cccc2cccnc12. The lowest BCUT2D eigenvalue weighted by Gasteiger charge is -2.36. The Morgan fingerprint density at radius 3 is 2.41 bits per heavy atom. The van der Waals surface area contributed by atoms with Gasteiger partial charge in [-0.1, -0.05) is 24.3 Å². The summed E-state index contributed by atoms with van der Waals surface area (Å²) in [4.78, 5) is 39.6. The van der Waals surface area contributed by atoms with Gasteiger partial charge in [0.05, 0.1) is 11.2 Å². The lowest BCUT2D eigenvalue weighted by molar-refractivity contribution is -0.131. The molecule has 3 aromatic rings. The average Bonchev–Trinajstić information content (AvgIpc) is 2.77. The van der Waals surface area contributed by atoms with Gasteiger partial charge in [0.25, 0.3) is 0 Å². The van der Waals surface area contributed by atoms with Crippen molar-refractivity contribution in [3.63, 3.8) is 0 Å². The van der Waals surface area contributed by atoms with Crippen molar-refractivity contribution in [1.82, 2.24) is 14.9 Å². The minimum absolute atomic E-state index is 0.00854. The van der Waals surface area contributed by atoms with Crippen LogP contribution in [0.3, 0.4) is 0 Å². The number of amides is 2. The predicted molar refractivity (Wildman–Crippen MR) is 113 cm³/mol. The Labute approximate surface area is 169 Å². The van der Waals surface area contributed by atoms with Crippen molar-refractivity contribution in [2.24, 2.45) is 0 Å². The number of hydrogen-bond acceptors (Lipinski definition) is 5. The van der Waals surface area contributed by atoms with Crippen LogP contribution < -0.4 is 9.80 Å². The van der Waals surface area contributed by atoms with Crippen LogP contribution in [0, 0.1) is 0 Å². The number of rotatable bonds is 4. The molecule has 0 aliphatic carbocycles. The van der Waals surface area contributed by atoms with Crippen molar-refractivity contribution in [1.29, 1.82) is 0 Å². The van der Waals surface area contributed by atoms with E-state index in [2.05, 4.69) is 14.9 Å². The van der Waals surface area contributed by atoms with Crippen LogP contribution in [0.2, 0.25) is 0 Å². The molecule has 0 bridgehead atoms. The van der Waals surface area contributed by atoms with Crippen LogP contribution >= 0.6 is 0 Å². The van der Waals surface area contributed by atoms with E-state index >= 15 is 0 Å². The Balaban J connectivity index is 1.47. The molecular weight excluding hydrogens is 366 g/mol. The molecule has 4 rings (SSSR count). The highest BCUT2D eigenvalue weighted by Crippen LogP contribution is 2.25. The summed E-state index contributed by atoms with van der Waals surface area (Å²) in [5, 5.41) is 0.938. The number of anilines is 2. The van der Waals surface area contributed by atoms with E-state index in [-0.39, 0.29) is 18.4 Å². The largest absolute Gasteiger partial charge is 0.353 e. The molecule has 0 N–H and O–H groups in total. The molecule has 1 aliphatic heterocycles. The maximum atomic E-state index is 12.9. The van der Waals surface area contributed by atoms with Gasteiger partial charge < -0.3 is 14.7 Å². The molecule has 0 radical (unpaired) electrons. The van der Waals surface area contributed by atoms with Gasteiger partial charge in [0.15, 0.2) is 0 Å². The Hall–Kier alpha value is -3.48. The van der Waals surface area contributed by atoms with E-state index in [0.717, 1.165) is 29.8 Å². The first-order valence-electron chi connectivity index (χ1n) is 9.69. The highest BCUT2D eigenvalue weighted by atomic mass is 16.2. The van der Waals surface area contributed by atoms with Crippen LogP contribution in [0.4, 0.5) is 11.5 Å². The van der Waals surface area contributed by atoms with Gasteiger partial charge in [-0.05, 0) is 24.3 Å². The van der Waals surface area contributed by atoms with Gasteiger partial charge in [-0.15, -0.1) is 0 Å². The van der Waals surface area contributed by atoms with E-state index in [0.29, 0.717) is 18.8 Å². The fraction of sp³-hybridized carbons (Fsp3) is 0.273. The van der Waals surface area contributed by atoms with Crippen molar-refractivity contribution in [2.75, 3.05) is 42.5 Å². The second-order valence-electron chi connectivity index (χ2n) is 7.01. The molecule has 2 aromatic heterocycles.